The molecule has 0 saturated carbocycles. The van der Waals surface area contributed by atoms with Crippen LogP contribution in [0.5, 0.6) is 0 Å². The number of carbonyl (C=O) groups is 1. The van der Waals surface area contributed by atoms with Crippen molar-refractivity contribution in [1.29, 1.82) is 0 Å². The summed E-state index contributed by atoms with van der Waals surface area (Å²) < 4.78 is 0. The molecule has 0 fully saturated rings. The maximum absolute atomic E-state index is 10.8. The van der Waals surface area contributed by atoms with Crippen molar-refractivity contribution in [2.45, 2.75) is 19.3 Å². The van der Waals surface area contributed by atoms with E-state index in [1.54, 1.807) is 17.8 Å². The average Bonchev–Trinajstić information content (AvgIpc) is 1.89. The van der Waals surface area contributed by atoms with Crippen LogP contribution in [0.4, 0.5) is 0 Å². The molecule has 0 radical (unpaired) electrons. The van der Waals surface area contributed by atoms with E-state index >= 15 is 0 Å². The number of ketones is 1. The lowest BCUT2D eigenvalue weighted by Crippen LogP contribution is -1.95. The average molecular weight is 158 g/mol. The first-order valence-electron chi connectivity index (χ1n) is 3.42. The second-order valence-corrected chi connectivity index (χ2v) is 3.11. The Bertz CT molecular complexity index is 110. The van der Waals surface area contributed by atoms with Gasteiger partial charge in [0.2, 0.25) is 0 Å². The van der Waals surface area contributed by atoms with Gasteiger partial charge in [-0.2, -0.15) is 11.8 Å². The van der Waals surface area contributed by atoms with E-state index in [1.807, 2.05) is 0 Å². The summed E-state index contributed by atoms with van der Waals surface area (Å²) in [7, 11) is 0. The van der Waals surface area contributed by atoms with E-state index in [0.29, 0.717) is 18.6 Å². The molecule has 0 aliphatic heterocycles. The molecule has 0 aromatic carbocycles. The van der Waals surface area contributed by atoms with Gasteiger partial charge in [0.05, 0.1) is 0 Å². The van der Waals surface area contributed by atoms with Crippen LogP contribution in [0.15, 0.2) is 12.7 Å². The van der Waals surface area contributed by atoms with Crippen LogP contribution in [0.1, 0.15) is 19.3 Å². The number of allylic oxidation sites excluding steroid dienone is 1. The molecular weight excluding hydrogens is 144 g/mol. The zero-order chi connectivity index (χ0) is 7.82. The molecular formula is C8H14OS. The van der Waals surface area contributed by atoms with Gasteiger partial charge < -0.3 is 0 Å². The lowest BCUT2D eigenvalue weighted by atomic mass is 10.2. The summed E-state index contributed by atoms with van der Waals surface area (Å²) >= 11 is 1.78. The largest absolute Gasteiger partial charge is 0.299 e. The van der Waals surface area contributed by atoms with Gasteiger partial charge in [0.25, 0.3) is 0 Å². The Balaban J connectivity index is 3.13. The lowest BCUT2D eigenvalue weighted by molar-refractivity contribution is -0.118. The summed E-state index contributed by atoms with van der Waals surface area (Å²) in [6, 6.07) is 0. The fraction of sp³-hybridized carbons (Fsp3) is 0.625. The Kier molecular flexibility index (Phi) is 6.71. The summed E-state index contributed by atoms with van der Waals surface area (Å²) in [6.45, 7) is 3.50. The maximum atomic E-state index is 10.8. The van der Waals surface area contributed by atoms with Crippen molar-refractivity contribution in [2.24, 2.45) is 0 Å². The quantitative estimate of drug-likeness (QED) is 0.436. The molecule has 0 saturated heterocycles. The van der Waals surface area contributed by atoms with Gasteiger partial charge in [0, 0.05) is 12.8 Å². The van der Waals surface area contributed by atoms with Crippen molar-refractivity contribution in [1.82, 2.24) is 0 Å². The van der Waals surface area contributed by atoms with Crippen molar-refractivity contribution >= 4 is 17.5 Å². The van der Waals surface area contributed by atoms with E-state index in [1.165, 1.54) is 0 Å². The predicted octanol–water partition coefficient (Wildman–Crippen LogP) is 2.27. The summed E-state index contributed by atoms with van der Waals surface area (Å²) in [5.41, 5.74) is 0. The first kappa shape index (κ1) is 9.76. The highest BCUT2D eigenvalue weighted by Gasteiger charge is 1.96. The third-order valence-electron chi connectivity index (χ3n) is 1.18. The van der Waals surface area contributed by atoms with Gasteiger partial charge in [-0.05, 0) is 18.4 Å². The van der Waals surface area contributed by atoms with Crippen LogP contribution in [0.25, 0.3) is 0 Å². The first-order valence-corrected chi connectivity index (χ1v) is 4.82. The molecule has 0 bridgehead atoms. The highest BCUT2D eigenvalue weighted by atomic mass is 32.2. The Hall–Kier alpha value is -0.240. The van der Waals surface area contributed by atoms with E-state index in [-0.39, 0.29) is 0 Å². The van der Waals surface area contributed by atoms with Crippen LogP contribution in [0.2, 0.25) is 0 Å². The number of rotatable bonds is 6. The molecule has 0 unspecified atom stereocenters. The van der Waals surface area contributed by atoms with Crippen molar-refractivity contribution < 1.29 is 4.79 Å². The number of Topliss-reactive ketones (excluding diaryl/α,β-unsaturated/α-hetero) is 1. The first-order chi connectivity index (χ1) is 4.81. The van der Waals surface area contributed by atoms with E-state index in [2.05, 4.69) is 12.8 Å². The molecule has 0 rings (SSSR count). The molecule has 0 spiro atoms. The molecule has 1 nitrogen and oxygen atoms in total. The van der Waals surface area contributed by atoms with Gasteiger partial charge in [-0.3, -0.25) is 4.79 Å². The van der Waals surface area contributed by atoms with Crippen molar-refractivity contribution in [3.63, 3.8) is 0 Å². The lowest BCUT2D eigenvalue weighted by Gasteiger charge is -1.94. The molecule has 0 atom stereocenters. The normalized spacial score (nSPS) is 9.30. The summed E-state index contributed by atoms with van der Waals surface area (Å²) in [4.78, 5) is 10.8. The minimum absolute atomic E-state index is 0.309. The van der Waals surface area contributed by atoms with Gasteiger partial charge in [0.15, 0.2) is 0 Å². The van der Waals surface area contributed by atoms with E-state index in [4.69, 9.17) is 0 Å². The van der Waals surface area contributed by atoms with Gasteiger partial charge in [-0.1, -0.05) is 6.08 Å². The van der Waals surface area contributed by atoms with E-state index in [9.17, 15) is 4.79 Å². The van der Waals surface area contributed by atoms with E-state index in [0.717, 1.165) is 12.2 Å². The molecule has 0 N–H and O–H groups in total. The Morgan fingerprint density at radius 3 is 2.90 bits per heavy atom. The van der Waals surface area contributed by atoms with Crippen LogP contribution in [0, 0.1) is 0 Å². The zero-order valence-electron chi connectivity index (χ0n) is 6.43. The van der Waals surface area contributed by atoms with Gasteiger partial charge in [-0.15, -0.1) is 6.58 Å². The number of hydrogen-bond donors (Lipinski definition) is 0. The molecule has 0 aromatic rings. The summed E-state index contributed by atoms with van der Waals surface area (Å²) in [5.74, 6) is 1.40. The number of carbonyl (C=O) groups excluding carboxylic acids is 1. The van der Waals surface area contributed by atoms with Gasteiger partial charge >= 0.3 is 0 Å². The molecule has 0 amide bonds. The van der Waals surface area contributed by atoms with Crippen LogP contribution < -0.4 is 0 Å². The zero-order valence-corrected chi connectivity index (χ0v) is 7.25. The predicted molar refractivity (Wildman–Crippen MR) is 47.4 cm³/mol. The van der Waals surface area contributed by atoms with Crippen LogP contribution in [0.3, 0.4) is 0 Å². The third kappa shape index (κ3) is 5.89. The Morgan fingerprint density at radius 2 is 2.40 bits per heavy atom. The topological polar surface area (TPSA) is 17.1 Å². The maximum Gasteiger partial charge on any atom is 0.136 e. The molecule has 0 heterocycles. The Labute approximate surface area is 66.9 Å². The molecule has 2 heteroatoms. The highest BCUT2D eigenvalue weighted by molar-refractivity contribution is 7.98. The monoisotopic (exact) mass is 158 g/mol. The van der Waals surface area contributed by atoms with Crippen molar-refractivity contribution in [3.8, 4) is 0 Å². The fourth-order valence-electron chi connectivity index (χ4n) is 0.677. The van der Waals surface area contributed by atoms with E-state index < -0.39 is 0 Å². The third-order valence-corrected chi connectivity index (χ3v) is 1.87. The van der Waals surface area contributed by atoms with Crippen LogP contribution in [-0.4, -0.2) is 17.8 Å². The van der Waals surface area contributed by atoms with Crippen LogP contribution >= 0.6 is 11.8 Å². The molecule has 10 heavy (non-hydrogen) atoms. The smallest absolute Gasteiger partial charge is 0.136 e. The van der Waals surface area contributed by atoms with Crippen molar-refractivity contribution in [2.75, 3.05) is 12.0 Å². The Morgan fingerprint density at radius 1 is 1.70 bits per heavy atom. The SMILES string of the molecule is C=CCC(=O)CCCSC. The second kappa shape index (κ2) is 6.87. The summed E-state index contributed by atoms with van der Waals surface area (Å²) in [5, 5.41) is 0. The number of thioether (sulfide) groups is 1. The van der Waals surface area contributed by atoms with Crippen LogP contribution in [-0.2, 0) is 4.79 Å². The number of hydrogen-bond acceptors (Lipinski definition) is 2. The molecule has 0 aliphatic carbocycles. The molecule has 0 aromatic heterocycles. The van der Waals surface area contributed by atoms with Crippen molar-refractivity contribution in [3.05, 3.63) is 12.7 Å². The van der Waals surface area contributed by atoms with Gasteiger partial charge in [0.1, 0.15) is 5.78 Å². The molecule has 58 valence electrons. The molecule has 0 aliphatic rings. The summed E-state index contributed by atoms with van der Waals surface area (Å²) in [6.07, 6.45) is 5.98. The second-order valence-electron chi connectivity index (χ2n) is 2.13. The van der Waals surface area contributed by atoms with Gasteiger partial charge in [-0.25, -0.2) is 0 Å². The standard InChI is InChI=1S/C8H14OS/c1-3-5-8(9)6-4-7-10-2/h3H,1,4-7H2,2H3. The fourth-order valence-corrected chi connectivity index (χ4v) is 1.11. The minimum atomic E-state index is 0.309. The minimum Gasteiger partial charge on any atom is -0.299 e. The highest BCUT2D eigenvalue weighted by Crippen LogP contribution is 2.01.